The number of carbonyl (C=O) groups excluding carboxylic acids is 1. The largest absolute Gasteiger partial charge is 0.356 e. The monoisotopic (exact) mass is 418 g/mol. The first-order chi connectivity index (χ1) is 13.5. The summed E-state index contributed by atoms with van der Waals surface area (Å²) in [5, 5.41) is 4.31. The van der Waals surface area contributed by atoms with E-state index in [9.17, 15) is 4.79 Å². The second-order valence-corrected chi connectivity index (χ2v) is 8.50. The maximum Gasteiger partial charge on any atom is 0.223 e. The molecule has 3 nitrogen and oxygen atoms in total. The zero-order valence-electron chi connectivity index (χ0n) is 16.4. The lowest BCUT2D eigenvalue weighted by molar-refractivity contribution is -0.126. The Hall–Kier alpha value is -1.55. The number of nitrogens with zero attached hydrogens (tertiary/aromatic N) is 1. The van der Waals surface area contributed by atoms with Gasteiger partial charge in [0, 0.05) is 19.0 Å². The number of likely N-dealkylation sites (tertiary alicyclic amines) is 1. The molecule has 3 rings (SSSR count). The van der Waals surface area contributed by atoms with Crippen molar-refractivity contribution < 1.29 is 4.79 Å². The predicted octanol–water partition coefficient (Wildman–Crippen LogP) is 5.26. The van der Waals surface area contributed by atoms with Gasteiger partial charge in [0.25, 0.3) is 0 Å². The third-order valence-corrected chi connectivity index (χ3v) is 6.11. The molecule has 1 aliphatic rings. The molecule has 5 heteroatoms. The van der Waals surface area contributed by atoms with E-state index in [1.165, 1.54) is 11.1 Å². The van der Waals surface area contributed by atoms with Crippen molar-refractivity contribution in [2.24, 2.45) is 5.92 Å². The normalized spacial score (nSPS) is 15.5. The zero-order valence-corrected chi connectivity index (χ0v) is 17.9. The van der Waals surface area contributed by atoms with Gasteiger partial charge in [-0.2, -0.15) is 0 Å². The number of carbonyl (C=O) groups is 1. The maximum absolute atomic E-state index is 12.4. The highest BCUT2D eigenvalue weighted by molar-refractivity contribution is 6.42. The lowest BCUT2D eigenvalue weighted by Gasteiger charge is -2.31. The highest BCUT2D eigenvalue weighted by Crippen LogP contribution is 2.25. The Kier molecular flexibility index (Phi) is 7.78. The van der Waals surface area contributed by atoms with Gasteiger partial charge >= 0.3 is 0 Å². The molecule has 1 saturated heterocycles. The fourth-order valence-electron chi connectivity index (χ4n) is 3.77. The summed E-state index contributed by atoms with van der Waals surface area (Å²) in [6.45, 7) is 5.57. The lowest BCUT2D eigenvalue weighted by Crippen LogP contribution is -2.40. The van der Waals surface area contributed by atoms with Crippen molar-refractivity contribution in [3.63, 3.8) is 0 Å². The minimum Gasteiger partial charge on any atom is -0.356 e. The van der Waals surface area contributed by atoms with E-state index in [4.69, 9.17) is 23.2 Å². The number of amides is 1. The SMILES string of the molecule is Cc1cccc(CCCNC(=O)C2CCN(Cc3ccc(Cl)c(Cl)c3)CC2)c1. The van der Waals surface area contributed by atoms with Gasteiger partial charge in [0.05, 0.1) is 10.0 Å². The van der Waals surface area contributed by atoms with E-state index in [0.29, 0.717) is 10.0 Å². The topological polar surface area (TPSA) is 32.3 Å². The summed E-state index contributed by atoms with van der Waals surface area (Å²) >= 11 is 12.1. The van der Waals surface area contributed by atoms with E-state index in [1.54, 1.807) is 0 Å². The van der Waals surface area contributed by atoms with Crippen molar-refractivity contribution in [3.8, 4) is 0 Å². The second kappa shape index (κ2) is 10.3. The third-order valence-electron chi connectivity index (χ3n) is 5.37. The van der Waals surface area contributed by atoms with Crippen molar-refractivity contribution in [3.05, 3.63) is 69.2 Å². The number of piperidine rings is 1. The molecule has 1 aliphatic heterocycles. The number of rotatable bonds is 7. The van der Waals surface area contributed by atoms with E-state index in [-0.39, 0.29) is 11.8 Å². The molecule has 2 aromatic rings. The van der Waals surface area contributed by atoms with Crippen LogP contribution in [0.1, 0.15) is 36.0 Å². The first-order valence-corrected chi connectivity index (χ1v) is 10.8. The Bertz CT molecular complexity index is 801. The Balaban J connectivity index is 1.36. The highest BCUT2D eigenvalue weighted by atomic mass is 35.5. The van der Waals surface area contributed by atoms with Crippen LogP contribution in [0.5, 0.6) is 0 Å². The van der Waals surface area contributed by atoms with Crippen LogP contribution in [0, 0.1) is 12.8 Å². The highest BCUT2D eigenvalue weighted by Gasteiger charge is 2.24. The Morgan fingerprint density at radius 1 is 1.07 bits per heavy atom. The average molecular weight is 419 g/mol. The number of halogens is 2. The van der Waals surface area contributed by atoms with Gasteiger partial charge in [-0.1, -0.05) is 59.1 Å². The molecule has 0 bridgehead atoms. The van der Waals surface area contributed by atoms with Crippen molar-refractivity contribution >= 4 is 29.1 Å². The van der Waals surface area contributed by atoms with Gasteiger partial charge in [-0.05, 0) is 69.0 Å². The van der Waals surface area contributed by atoms with Gasteiger partial charge in [-0.3, -0.25) is 9.69 Å². The van der Waals surface area contributed by atoms with E-state index in [2.05, 4.69) is 41.4 Å². The van der Waals surface area contributed by atoms with Gasteiger partial charge in [0.2, 0.25) is 5.91 Å². The Labute approximate surface area is 178 Å². The fourth-order valence-corrected chi connectivity index (χ4v) is 4.09. The first kappa shape index (κ1) is 21.2. The summed E-state index contributed by atoms with van der Waals surface area (Å²) < 4.78 is 0. The standard InChI is InChI=1S/C23H28Cl2N2O/c1-17-4-2-5-18(14-17)6-3-11-26-23(28)20-9-12-27(13-10-20)16-19-7-8-21(24)22(25)15-19/h2,4-5,7-8,14-15,20H,3,6,9-13,16H2,1H3,(H,26,28). The fraction of sp³-hybridized carbons (Fsp3) is 0.435. The Morgan fingerprint density at radius 2 is 1.86 bits per heavy atom. The number of aryl methyl sites for hydroxylation is 2. The molecule has 0 atom stereocenters. The summed E-state index contributed by atoms with van der Waals surface area (Å²) in [5.41, 5.74) is 3.78. The van der Waals surface area contributed by atoms with Crippen LogP contribution in [0.4, 0.5) is 0 Å². The summed E-state index contributed by atoms with van der Waals surface area (Å²) in [5.74, 6) is 0.336. The molecule has 0 unspecified atom stereocenters. The second-order valence-electron chi connectivity index (χ2n) is 7.68. The minimum absolute atomic E-state index is 0.129. The first-order valence-electron chi connectivity index (χ1n) is 10.0. The van der Waals surface area contributed by atoms with Gasteiger partial charge < -0.3 is 5.32 Å². The molecule has 0 spiro atoms. The molecule has 1 N–H and O–H groups in total. The summed E-state index contributed by atoms with van der Waals surface area (Å²) in [7, 11) is 0. The molecule has 1 fully saturated rings. The van der Waals surface area contributed by atoms with Crippen LogP contribution in [0.15, 0.2) is 42.5 Å². The lowest BCUT2D eigenvalue weighted by atomic mass is 9.95. The van der Waals surface area contributed by atoms with Crippen molar-refractivity contribution in [1.29, 1.82) is 0 Å². The molecular weight excluding hydrogens is 391 g/mol. The van der Waals surface area contributed by atoms with Gasteiger partial charge in [0.1, 0.15) is 0 Å². The van der Waals surface area contributed by atoms with Gasteiger partial charge in [0.15, 0.2) is 0 Å². The van der Waals surface area contributed by atoms with Crippen molar-refractivity contribution in [2.75, 3.05) is 19.6 Å². The molecule has 0 saturated carbocycles. The van der Waals surface area contributed by atoms with Crippen LogP contribution in [-0.2, 0) is 17.8 Å². The molecule has 1 heterocycles. The summed E-state index contributed by atoms with van der Waals surface area (Å²) in [6.07, 6.45) is 3.80. The van der Waals surface area contributed by atoms with E-state index in [1.807, 2.05) is 18.2 Å². The van der Waals surface area contributed by atoms with E-state index >= 15 is 0 Å². The molecule has 1 amide bonds. The van der Waals surface area contributed by atoms with Crippen LogP contribution in [0.3, 0.4) is 0 Å². The van der Waals surface area contributed by atoms with Gasteiger partial charge in [-0.15, -0.1) is 0 Å². The average Bonchev–Trinajstić information content (AvgIpc) is 2.69. The molecule has 0 aliphatic carbocycles. The van der Waals surface area contributed by atoms with Crippen molar-refractivity contribution in [2.45, 2.75) is 39.2 Å². The van der Waals surface area contributed by atoms with Gasteiger partial charge in [-0.25, -0.2) is 0 Å². The van der Waals surface area contributed by atoms with E-state index < -0.39 is 0 Å². The molecule has 150 valence electrons. The molecular formula is C23H28Cl2N2O. The Morgan fingerprint density at radius 3 is 2.57 bits per heavy atom. The van der Waals surface area contributed by atoms with Crippen LogP contribution >= 0.6 is 23.2 Å². The van der Waals surface area contributed by atoms with Crippen LogP contribution < -0.4 is 5.32 Å². The molecule has 0 radical (unpaired) electrons. The zero-order chi connectivity index (χ0) is 19.9. The summed E-state index contributed by atoms with van der Waals surface area (Å²) in [4.78, 5) is 14.8. The van der Waals surface area contributed by atoms with Crippen LogP contribution in [0.2, 0.25) is 10.0 Å². The van der Waals surface area contributed by atoms with E-state index in [0.717, 1.165) is 57.4 Å². The van der Waals surface area contributed by atoms with Crippen molar-refractivity contribution in [1.82, 2.24) is 10.2 Å². The molecule has 0 aromatic heterocycles. The number of hydrogen-bond donors (Lipinski definition) is 1. The van der Waals surface area contributed by atoms with Crippen LogP contribution in [0.25, 0.3) is 0 Å². The third kappa shape index (κ3) is 6.23. The maximum atomic E-state index is 12.4. The predicted molar refractivity (Wildman–Crippen MR) is 117 cm³/mol. The van der Waals surface area contributed by atoms with Crippen LogP contribution in [-0.4, -0.2) is 30.4 Å². The quantitative estimate of drug-likeness (QED) is 0.621. The number of benzene rings is 2. The minimum atomic E-state index is 0.129. The number of nitrogens with one attached hydrogen (secondary N) is 1. The molecule has 28 heavy (non-hydrogen) atoms. The smallest absolute Gasteiger partial charge is 0.223 e. The number of hydrogen-bond acceptors (Lipinski definition) is 2. The summed E-state index contributed by atoms with van der Waals surface area (Å²) in [6, 6.07) is 14.4. The molecule has 2 aromatic carbocycles.